The molecule has 2 unspecified atom stereocenters. The SMILES string of the molecule is COC1CC(NC(=O)C2CC=CCC2C(=O)O)C1. The van der Waals surface area contributed by atoms with Crippen LogP contribution in [-0.2, 0) is 14.3 Å². The molecule has 5 nitrogen and oxygen atoms in total. The van der Waals surface area contributed by atoms with Crippen molar-refractivity contribution in [1.82, 2.24) is 5.32 Å². The first-order valence-corrected chi connectivity index (χ1v) is 6.32. The number of ether oxygens (including phenoxy) is 1. The van der Waals surface area contributed by atoms with Gasteiger partial charge < -0.3 is 15.2 Å². The van der Waals surface area contributed by atoms with Gasteiger partial charge in [-0.15, -0.1) is 0 Å². The number of nitrogens with one attached hydrogen (secondary N) is 1. The van der Waals surface area contributed by atoms with Crippen molar-refractivity contribution in [2.45, 2.75) is 37.8 Å². The highest BCUT2D eigenvalue weighted by atomic mass is 16.5. The minimum absolute atomic E-state index is 0.133. The van der Waals surface area contributed by atoms with Gasteiger partial charge in [-0.25, -0.2) is 0 Å². The zero-order valence-electron chi connectivity index (χ0n) is 10.5. The summed E-state index contributed by atoms with van der Waals surface area (Å²) >= 11 is 0. The summed E-state index contributed by atoms with van der Waals surface area (Å²) in [6.07, 6.45) is 6.57. The van der Waals surface area contributed by atoms with E-state index < -0.39 is 17.8 Å². The van der Waals surface area contributed by atoms with Crippen LogP contribution in [0.15, 0.2) is 12.2 Å². The predicted octanol–water partition coefficient (Wildman–Crippen LogP) is 0.947. The highest BCUT2D eigenvalue weighted by Gasteiger charge is 2.37. The monoisotopic (exact) mass is 253 g/mol. The Morgan fingerprint density at radius 3 is 2.39 bits per heavy atom. The van der Waals surface area contributed by atoms with Crippen LogP contribution < -0.4 is 5.32 Å². The molecule has 0 aromatic carbocycles. The normalized spacial score (nSPS) is 34.7. The van der Waals surface area contributed by atoms with E-state index in [1.54, 1.807) is 7.11 Å². The summed E-state index contributed by atoms with van der Waals surface area (Å²) in [5.41, 5.74) is 0. The van der Waals surface area contributed by atoms with Gasteiger partial charge in [0.2, 0.25) is 5.91 Å². The van der Waals surface area contributed by atoms with Crippen LogP contribution in [0.5, 0.6) is 0 Å². The molecule has 0 spiro atoms. The van der Waals surface area contributed by atoms with Crippen molar-refractivity contribution in [3.63, 3.8) is 0 Å². The predicted molar refractivity (Wildman–Crippen MR) is 65.0 cm³/mol. The Morgan fingerprint density at radius 2 is 1.83 bits per heavy atom. The van der Waals surface area contributed by atoms with Gasteiger partial charge in [0.1, 0.15) is 0 Å². The molecule has 1 saturated carbocycles. The van der Waals surface area contributed by atoms with E-state index in [0.29, 0.717) is 12.8 Å². The van der Waals surface area contributed by atoms with Gasteiger partial charge in [-0.3, -0.25) is 9.59 Å². The lowest BCUT2D eigenvalue weighted by Crippen LogP contribution is -2.50. The van der Waals surface area contributed by atoms with E-state index in [2.05, 4.69) is 5.32 Å². The Kier molecular flexibility index (Phi) is 4.01. The standard InChI is InChI=1S/C13H19NO4/c1-18-9-6-8(7-9)14-12(15)10-4-2-3-5-11(10)13(16)17/h2-3,8-11H,4-7H2,1H3,(H,14,15)(H,16,17). The number of methoxy groups -OCH3 is 1. The van der Waals surface area contributed by atoms with Crippen molar-refractivity contribution in [3.8, 4) is 0 Å². The third kappa shape index (κ3) is 2.72. The number of allylic oxidation sites excluding steroid dienone is 2. The smallest absolute Gasteiger partial charge is 0.307 e. The van der Waals surface area contributed by atoms with Crippen LogP contribution in [0, 0.1) is 11.8 Å². The van der Waals surface area contributed by atoms with Gasteiger partial charge in [-0.2, -0.15) is 0 Å². The minimum atomic E-state index is -0.886. The van der Waals surface area contributed by atoms with Gasteiger partial charge in [0.15, 0.2) is 0 Å². The van der Waals surface area contributed by atoms with E-state index in [9.17, 15) is 9.59 Å². The summed E-state index contributed by atoms with van der Waals surface area (Å²) in [5, 5.41) is 12.0. The average molecular weight is 253 g/mol. The number of aliphatic carboxylic acids is 1. The fourth-order valence-corrected chi connectivity index (χ4v) is 2.56. The number of hydrogen-bond donors (Lipinski definition) is 2. The molecule has 0 aromatic heterocycles. The molecule has 2 aliphatic carbocycles. The second kappa shape index (κ2) is 5.52. The van der Waals surface area contributed by atoms with Crippen LogP contribution >= 0.6 is 0 Å². The Bertz CT molecular complexity index is 360. The van der Waals surface area contributed by atoms with Crippen LogP contribution in [-0.4, -0.2) is 36.2 Å². The molecule has 0 bridgehead atoms. The lowest BCUT2D eigenvalue weighted by Gasteiger charge is -2.36. The fraction of sp³-hybridized carbons (Fsp3) is 0.692. The van der Waals surface area contributed by atoms with Crippen molar-refractivity contribution in [3.05, 3.63) is 12.2 Å². The number of hydrogen-bond acceptors (Lipinski definition) is 3. The highest BCUT2D eigenvalue weighted by Crippen LogP contribution is 2.28. The van der Waals surface area contributed by atoms with Crippen LogP contribution in [0.2, 0.25) is 0 Å². The van der Waals surface area contributed by atoms with Crippen LogP contribution in [0.4, 0.5) is 0 Å². The van der Waals surface area contributed by atoms with Crippen molar-refractivity contribution in [1.29, 1.82) is 0 Å². The maximum atomic E-state index is 12.1. The topological polar surface area (TPSA) is 75.6 Å². The van der Waals surface area contributed by atoms with E-state index >= 15 is 0 Å². The molecule has 0 saturated heterocycles. The molecule has 0 aliphatic heterocycles. The van der Waals surface area contributed by atoms with E-state index in [1.807, 2.05) is 12.2 Å². The summed E-state index contributed by atoms with van der Waals surface area (Å²) in [7, 11) is 1.66. The lowest BCUT2D eigenvalue weighted by atomic mass is 9.81. The summed E-state index contributed by atoms with van der Waals surface area (Å²) in [6, 6.07) is 0.141. The van der Waals surface area contributed by atoms with Gasteiger partial charge in [-0.05, 0) is 25.7 Å². The Balaban J connectivity index is 1.88. The molecule has 1 fully saturated rings. The van der Waals surface area contributed by atoms with Crippen molar-refractivity contribution >= 4 is 11.9 Å². The third-order valence-electron chi connectivity index (χ3n) is 3.86. The van der Waals surface area contributed by atoms with E-state index in [-0.39, 0.29) is 18.1 Å². The van der Waals surface area contributed by atoms with Crippen molar-refractivity contribution in [2.75, 3.05) is 7.11 Å². The number of carbonyl (C=O) groups excluding carboxylic acids is 1. The van der Waals surface area contributed by atoms with Gasteiger partial charge >= 0.3 is 5.97 Å². The molecule has 0 aromatic rings. The molecule has 1 amide bonds. The largest absolute Gasteiger partial charge is 0.481 e. The second-order valence-corrected chi connectivity index (χ2v) is 5.03. The maximum Gasteiger partial charge on any atom is 0.307 e. The van der Waals surface area contributed by atoms with Crippen LogP contribution in [0.3, 0.4) is 0 Å². The summed E-state index contributed by atoms with van der Waals surface area (Å²) < 4.78 is 5.15. The van der Waals surface area contributed by atoms with Crippen LogP contribution in [0.1, 0.15) is 25.7 Å². The van der Waals surface area contributed by atoms with Gasteiger partial charge in [0.05, 0.1) is 17.9 Å². The number of rotatable bonds is 4. The number of amides is 1. The number of carboxylic acid groups (broad SMARTS) is 1. The molecule has 2 aliphatic rings. The molecule has 5 heteroatoms. The highest BCUT2D eigenvalue weighted by molar-refractivity contribution is 5.85. The fourth-order valence-electron chi connectivity index (χ4n) is 2.56. The van der Waals surface area contributed by atoms with Crippen molar-refractivity contribution < 1.29 is 19.4 Å². The van der Waals surface area contributed by atoms with E-state index in [0.717, 1.165) is 12.8 Å². The first kappa shape index (κ1) is 13.1. The molecular weight excluding hydrogens is 234 g/mol. The number of carboxylic acids is 1. The van der Waals surface area contributed by atoms with Crippen molar-refractivity contribution in [2.24, 2.45) is 11.8 Å². The van der Waals surface area contributed by atoms with E-state index in [1.165, 1.54) is 0 Å². The minimum Gasteiger partial charge on any atom is -0.481 e. The summed E-state index contributed by atoms with van der Waals surface area (Å²) in [5.74, 6) is -2.04. The van der Waals surface area contributed by atoms with Gasteiger partial charge in [0.25, 0.3) is 0 Å². The molecule has 18 heavy (non-hydrogen) atoms. The molecule has 2 rings (SSSR count). The molecule has 100 valence electrons. The average Bonchev–Trinajstić information content (AvgIpc) is 2.32. The first-order valence-electron chi connectivity index (χ1n) is 6.32. The molecule has 0 heterocycles. The number of carbonyl (C=O) groups is 2. The third-order valence-corrected chi connectivity index (χ3v) is 3.86. The summed E-state index contributed by atoms with van der Waals surface area (Å²) in [4.78, 5) is 23.2. The molecule has 0 radical (unpaired) electrons. The zero-order valence-corrected chi connectivity index (χ0v) is 10.5. The second-order valence-electron chi connectivity index (χ2n) is 5.03. The maximum absolute atomic E-state index is 12.1. The zero-order chi connectivity index (χ0) is 13.1. The first-order chi connectivity index (χ1) is 8.61. The van der Waals surface area contributed by atoms with Gasteiger partial charge in [0, 0.05) is 13.2 Å². The van der Waals surface area contributed by atoms with Gasteiger partial charge in [-0.1, -0.05) is 12.2 Å². The summed E-state index contributed by atoms with van der Waals surface area (Å²) in [6.45, 7) is 0. The Labute approximate surface area is 106 Å². The Morgan fingerprint density at radius 1 is 1.22 bits per heavy atom. The van der Waals surface area contributed by atoms with E-state index in [4.69, 9.17) is 9.84 Å². The lowest BCUT2D eigenvalue weighted by molar-refractivity contribution is -0.147. The Hall–Kier alpha value is -1.36. The van der Waals surface area contributed by atoms with Crippen LogP contribution in [0.25, 0.3) is 0 Å². The molecular formula is C13H19NO4. The molecule has 2 atom stereocenters. The molecule has 2 N–H and O–H groups in total. The quantitative estimate of drug-likeness (QED) is 0.731.